The monoisotopic (exact) mass is 381 g/mol. The predicted octanol–water partition coefficient (Wildman–Crippen LogP) is 2.87. The molecule has 2 saturated heterocycles. The number of aromatic amines is 1. The number of amides is 1. The van der Waals surface area contributed by atoms with Gasteiger partial charge in [-0.1, -0.05) is 6.07 Å². The van der Waals surface area contributed by atoms with E-state index in [0.717, 1.165) is 50.4 Å². The van der Waals surface area contributed by atoms with Gasteiger partial charge in [-0.25, -0.2) is 0 Å². The lowest BCUT2D eigenvalue weighted by molar-refractivity contribution is -0.140. The van der Waals surface area contributed by atoms with Gasteiger partial charge in [-0.3, -0.25) is 14.9 Å². The van der Waals surface area contributed by atoms with Crippen LogP contribution in [0.2, 0.25) is 0 Å². The van der Waals surface area contributed by atoms with Gasteiger partial charge in [-0.05, 0) is 63.8 Å². The van der Waals surface area contributed by atoms with Crippen molar-refractivity contribution >= 4 is 5.91 Å². The average molecular weight is 382 g/mol. The van der Waals surface area contributed by atoms with E-state index in [9.17, 15) is 4.79 Å². The van der Waals surface area contributed by atoms with Crippen molar-refractivity contribution in [1.82, 2.24) is 25.0 Å². The molecule has 2 aromatic heterocycles. The molecular weight excluding hydrogens is 350 g/mol. The normalized spacial score (nSPS) is 23.5. The van der Waals surface area contributed by atoms with Gasteiger partial charge >= 0.3 is 0 Å². The Balaban J connectivity index is 1.40. The molecule has 0 aromatic carbocycles. The number of rotatable bonds is 5. The highest BCUT2D eigenvalue weighted by molar-refractivity contribution is 5.77. The number of hydrogen-bond donors (Lipinski definition) is 1. The number of carbonyl (C=O) groups is 1. The van der Waals surface area contributed by atoms with Crippen molar-refractivity contribution in [1.29, 1.82) is 0 Å². The van der Waals surface area contributed by atoms with Gasteiger partial charge in [0.1, 0.15) is 0 Å². The smallest absolute Gasteiger partial charge is 0.222 e. The van der Waals surface area contributed by atoms with Crippen molar-refractivity contribution < 1.29 is 4.79 Å². The quantitative estimate of drug-likeness (QED) is 0.865. The Bertz CT molecular complexity index is 798. The van der Waals surface area contributed by atoms with Gasteiger partial charge in [0.25, 0.3) is 0 Å². The number of carbonyl (C=O) groups excluding carboxylic acids is 1. The number of likely N-dealkylation sites (tertiary alicyclic amines) is 2. The maximum Gasteiger partial charge on any atom is 0.222 e. The highest BCUT2D eigenvalue weighted by Crippen LogP contribution is 2.39. The fourth-order valence-corrected chi connectivity index (χ4v) is 4.98. The molecule has 6 heteroatoms. The molecule has 4 rings (SSSR count). The largest absolute Gasteiger partial charge is 0.336 e. The van der Waals surface area contributed by atoms with E-state index >= 15 is 0 Å². The molecule has 2 aliphatic rings. The third kappa shape index (κ3) is 4.12. The minimum atomic E-state index is 0.238. The molecule has 1 atom stereocenters. The second-order valence-corrected chi connectivity index (χ2v) is 8.61. The summed E-state index contributed by atoms with van der Waals surface area (Å²) in [7, 11) is 0. The van der Waals surface area contributed by atoms with Gasteiger partial charge in [0.15, 0.2) is 0 Å². The minimum absolute atomic E-state index is 0.238. The highest BCUT2D eigenvalue weighted by Gasteiger charge is 2.41. The molecule has 28 heavy (non-hydrogen) atoms. The summed E-state index contributed by atoms with van der Waals surface area (Å²) in [6.45, 7) is 9.00. The predicted molar refractivity (Wildman–Crippen MR) is 109 cm³/mol. The van der Waals surface area contributed by atoms with E-state index in [1.165, 1.54) is 24.1 Å². The lowest BCUT2D eigenvalue weighted by Gasteiger charge is -2.48. The van der Waals surface area contributed by atoms with Crippen LogP contribution in [0.15, 0.2) is 24.4 Å². The molecule has 2 fully saturated rings. The van der Waals surface area contributed by atoms with Crippen molar-refractivity contribution in [2.75, 3.05) is 26.2 Å². The number of aromatic nitrogens is 3. The van der Waals surface area contributed by atoms with E-state index in [0.29, 0.717) is 13.0 Å². The van der Waals surface area contributed by atoms with Crippen molar-refractivity contribution in [3.63, 3.8) is 0 Å². The number of nitrogens with zero attached hydrogens (tertiary/aromatic N) is 4. The summed E-state index contributed by atoms with van der Waals surface area (Å²) in [5, 5.41) is 7.42. The van der Waals surface area contributed by atoms with Gasteiger partial charge in [0.05, 0.1) is 17.9 Å². The lowest BCUT2D eigenvalue weighted by atomic mass is 9.73. The third-order valence-electron chi connectivity index (χ3n) is 6.53. The van der Waals surface area contributed by atoms with Crippen molar-refractivity contribution in [2.45, 2.75) is 52.5 Å². The lowest BCUT2D eigenvalue weighted by Crippen LogP contribution is -2.54. The van der Waals surface area contributed by atoms with Crippen LogP contribution in [0.25, 0.3) is 0 Å². The first-order valence-corrected chi connectivity index (χ1v) is 10.5. The molecule has 1 N–H and O–H groups in total. The summed E-state index contributed by atoms with van der Waals surface area (Å²) in [6, 6.07) is 5.93. The summed E-state index contributed by atoms with van der Waals surface area (Å²) in [5.74, 6) is 0.276. The summed E-state index contributed by atoms with van der Waals surface area (Å²) in [6.07, 6.45) is 6.97. The van der Waals surface area contributed by atoms with E-state index in [4.69, 9.17) is 0 Å². The van der Waals surface area contributed by atoms with Crippen molar-refractivity contribution in [3.05, 3.63) is 47.0 Å². The summed E-state index contributed by atoms with van der Waals surface area (Å²) in [5.41, 5.74) is 4.88. The van der Waals surface area contributed by atoms with Crippen LogP contribution in [0.3, 0.4) is 0 Å². The second kappa shape index (κ2) is 8.03. The fraction of sp³-hybridized carbons (Fsp3) is 0.591. The Labute approximate surface area is 167 Å². The molecule has 150 valence electrons. The summed E-state index contributed by atoms with van der Waals surface area (Å²) in [4.78, 5) is 21.6. The molecule has 6 nitrogen and oxygen atoms in total. The van der Waals surface area contributed by atoms with Crippen LogP contribution < -0.4 is 0 Å². The van der Waals surface area contributed by atoms with Gasteiger partial charge < -0.3 is 9.80 Å². The Hall–Kier alpha value is -2.21. The molecule has 1 amide bonds. The molecular formula is C22H31N5O. The van der Waals surface area contributed by atoms with E-state index < -0.39 is 0 Å². The Morgan fingerprint density at radius 1 is 1.21 bits per heavy atom. The first kappa shape index (κ1) is 19.1. The number of hydrogen-bond acceptors (Lipinski definition) is 4. The van der Waals surface area contributed by atoms with Gasteiger partial charge in [0.2, 0.25) is 5.91 Å². The topological polar surface area (TPSA) is 65.1 Å². The number of nitrogens with one attached hydrogen (secondary N) is 1. The van der Waals surface area contributed by atoms with Gasteiger partial charge in [0, 0.05) is 43.4 Å². The van der Waals surface area contributed by atoms with Crippen LogP contribution in [0, 0.1) is 19.3 Å². The van der Waals surface area contributed by atoms with Gasteiger partial charge in [-0.15, -0.1) is 0 Å². The summed E-state index contributed by atoms with van der Waals surface area (Å²) < 4.78 is 0. The van der Waals surface area contributed by atoms with Crippen LogP contribution in [-0.2, 0) is 17.8 Å². The Morgan fingerprint density at radius 2 is 2.11 bits per heavy atom. The molecule has 0 bridgehead atoms. The maximum atomic E-state index is 12.5. The molecule has 0 saturated carbocycles. The molecule has 0 radical (unpaired) electrons. The zero-order valence-electron chi connectivity index (χ0n) is 17.1. The molecule has 0 aliphatic carbocycles. The van der Waals surface area contributed by atoms with Crippen LogP contribution in [0.1, 0.15) is 48.3 Å². The highest BCUT2D eigenvalue weighted by atomic mass is 16.2. The standard InChI is InChI=1S/C22H31N5O/c1-17-20(18(2)25-24-17)8-13-26-12-5-9-22(15-26)10-7-21(28)27(16-22)14-19-6-3-4-11-23-19/h3-4,6,11H,5,7-10,12-16H2,1-2H3,(H,24,25)/t22-/m0/s1. The molecule has 2 aliphatic heterocycles. The zero-order chi connectivity index (χ0) is 19.6. The molecule has 1 spiro atoms. The first-order chi connectivity index (χ1) is 13.5. The van der Waals surface area contributed by atoms with E-state index in [1.54, 1.807) is 0 Å². The second-order valence-electron chi connectivity index (χ2n) is 8.61. The van der Waals surface area contributed by atoms with E-state index in [1.807, 2.05) is 29.3 Å². The number of piperidine rings is 2. The zero-order valence-corrected chi connectivity index (χ0v) is 17.1. The Morgan fingerprint density at radius 3 is 2.86 bits per heavy atom. The molecule has 4 heterocycles. The molecule has 0 unspecified atom stereocenters. The average Bonchev–Trinajstić information content (AvgIpc) is 3.02. The van der Waals surface area contributed by atoms with Crippen LogP contribution >= 0.6 is 0 Å². The van der Waals surface area contributed by atoms with E-state index in [-0.39, 0.29) is 11.3 Å². The number of aryl methyl sites for hydroxylation is 2. The third-order valence-corrected chi connectivity index (χ3v) is 6.53. The Kier molecular flexibility index (Phi) is 5.49. The minimum Gasteiger partial charge on any atom is -0.336 e. The van der Waals surface area contributed by atoms with Crippen LogP contribution in [0.5, 0.6) is 0 Å². The van der Waals surface area contributed by atoms with Crippen molar-refractivity contribution in [2.24, 2.45) is 5.41 Å². The summed E-state index contributed by atoms with van der Waals surface area (Å²) >= 11 is 0. The number of pyridine rings is 1. The van der Waals surface area contributed by atoms with Crippen LogP contribution in [-0.4, -0.2) is 57.1 Å². The molecule has 2 aromatic rings. The maximum absolute atomic E-state index is 12.5. The van der Waals surface area contributed by atoms with E-state index in [2.05, 4.69) is 33.9 Å². The fourth-order valence-electron chi connectivity index (χ4n) is 4.98. The van der Waals surface area contributed by atoms with Gasteiger partial charge in [-0.2, -0.15) is 5.10 Å². The SMILES string of the molecule is Cc1n[nH]c(C)c1CCN1CCC[C@]2(CCC(=O)N(Cc3ccccn3)C2)C1. The van der Waals surface area contributed by atoms with Crippen LogP contribution in [0.4, 0.5) is 0 Å². The van der Waals surface area contributed by atoms with Crippen molar-refractivity contribution in [3.8, 4) is 0 Å². The first-order valence-electron chi connectivity index (χ1n) is 10.5. The number of H-pyrrole nitrogens is 1.